The zero-order valence-corrected chi connectivity index (χ0v) is 17.6. The van der Waals surface area contributed by atoms with Crippen LogP contribution in [0.2, 0.25) is 0 Å². The second-order valence-corrected chi connectivity index (χ2v) is 7.17. The zero-order valence-electron chi connectivity index (χ0n) is 17.6. The molecule has 0 saturated heterocycles. The molecule has 0 aliphatic rings. The Kier molecular flexibility index (Phi) is 10.4. The maximum Gasteiger partial charge on any atom is 0.414 e. The number of anilines is 1. The Hall–Kier alpha value is -2.90. The molecule has 2 aromatic carbocycles. The third-order valence-corrected chi connectivity index (χ3v) is 4.15. The van der Waals surface area contributed by atoms with Crippen molar-refractivity contribution >= 4 is 17.6 Å². The maximum atomic E-state index is 9.10. The van der Waals surface area contributed by atoms with Crippen molar-refractivity contribution in [3.63, 3.8) is 0 Å². The molecule has 158 valence electrons. The second-order valence-electron chi connectivity index (χ2n) is 7.17. The number of carboxylic acid groups (broad SMARTS) is 2. The van der Waals surface area contributed by atoms with Crippen LogP contribution >= 0.6 is 0 Å². The number of likely N-dealkylation sites (N-methyl/N-ethyl adjacent to an activating group) is 1. The van der Waals surface area contributed by atoms with Gasteiger partial charge in [0.2, 0.25) is 0 Å². The molecule has 0 fully saturated rings. The van der Waals surface area contributed by atoms with E-state index in [0.717, 1.165) is 26.2 Å². The van der Waals surface area contributed by atoms with Gasteiger partial charge in [0, 0.05) is 46.0 Å². The number of aliphatic carboxylic acids is 2. The van der Waals surface area contributed by atoms with Crippen LogP contribution in [-0.4, -0.2) is 73.2 Å². The van der Waals surface area contributed by atoms with Gasteiger partial charge in [-0.2, -0.15) is 0 Å². The van der Waals surface area contributed by atoms with E-state index in [-0.39, 0.29) is 0 Å². The summed E-state index contributed by atoms with van der Waals surface area (Å²) < 4.78 is 0. The largest absolute Gasteiger partial charge is 0.473 e. The molecule has 0 spiro atoms. The van der Waals surface area contributed by atoms with Crippen LogP contribution in [0.4, 0.5) is 5.69 Å². The van der Waals surface area contributed by atoms with Crippen molar-refractivity contribution in [3.05, 3.63) is 65.7 Å². The van der Waals surface area contributed by atoms with Crippen molar-refractivity contribution < 1.29 is 19.8 Å². The summed E-state index contributed by atoms with van der Waals surface area (Å²) in [6, 6.07) is 19.6. The fraction of sp³-hybridized carbons (Fsp3) is 0.364. The fourth-order valence-electron chi connectivity index (χ4n) is 2.55. The highest BCUT2D eigenvalue weighted by molar-refractivity contribution is 6.27. The van der Waals surface area contributed by atoms with Gasteiger partial charge in [-0.3, -0.25) is 4.90 Å². The van der Waals surface area contributed by atoms with E-state index in [1.807, 2.05) is 0 Å². The number of carbonyl (C=O) groups is 2. The molecular formula is C22H31N3O4. The normalized spacial score (nSPS) is 10.4. The summed E-state index contributed by atoms with van der Waals surface area (Å²) in [5, 5.41) is 14.8. The lowest BCUT2D eigenvalue weighted by molar-refractivity contribution is -0.159. The predicted octanol–water partition coefficient (Wildman–Crippen LogP) is 2.47. The molecule has 2 rings (SSSR count). The number of benzene rings is 2. The van der Waals surface area contributed by atoms with Gasteiger partial charge in [-0.05, 0) is 37.4 Å². The third kappa shape index (κ3) is 10.3. The minimum absolute atomic E-state index is 0.983. The molecule has 0 heterocycles. The fourth-order valence-corrected chi connectivity index (χ4v) is 2.55. The monoisotopic (exact) mass is 401 g/mol. The van der Waals surface area contributed by atoms with Gasteiger partial charge in [0.1, 0.15) is 0 Å². The first-order valence-corrected chi connectivity index (χ1v) is 9.32. The highest BCUT2D eigenvalue weighted by Gasteiger charge is 2.08. The van der Waals surface area contributed by atoms with Crippen LogP contribution in [0.15, 0.2) is 54.6 Å². The Balaban J connectivity index is 0.000000612. The summed E-state index contributed by atoms with van der Waals surface area (Å²) in [6.45, 7) is 4.11. The van der Waals surface area contributed by atoms with Gasteiger partial charge in [-0.25, -0.2) is 9.59 Å². The Morgan fingerprint density at radius 3 is 1.62 bits per heavy atom. The van der Waals surface area contributed by atoms with Crippen molar-refractivity contribution in [2.45, 2.75) is 13.1 Å². The molecule has 2 N–H and O–H groups in total. The molecule has 2 aromatic rings. The number of hydrogen-bond donors (Lipinski definition) is 2. The van der Waals surface area contributed by atoms with Crippen LogP contribution in [0.5, 0.6) is 0 Å². The molecule has 0 unspecified atom stereocenters. The van der Waals surface area contributed by atoms with E-state index < -0.39 is 11.9 Å². The Morgan fingerprint density at radius 2 is 1.21 bits per heavy atom. The molecule has 0 aliphatic carbocycles. The number of rotatable bonds is 8. The van der Waals surface area contributed by atoms with Crippen LogP contribution in [0.1, 0.15) is 11.1 Å². The molecular weight excluding hydrogens is 370 g/mol. The summed E-state index contributed by atoms with van der Waals surface area (Å²) in [6.07, 6.45) is 0. The van der Waals surface area contributed by atoms with Gasteiger partial charge in [0.25, 0.3) is 0 Å². The van der Waals surface area contributed by atoms with Crippen molar-refractivity contribution in [2.75, 3.05) is 46.2 Å². The minimum Gasteiger partial charge on any atom is -0.473 e. The van der Waals surface area contributed by atoms with Gasteiger partial charge >= 0.3 is 11.9 Å². The number of carboxylic acids is 2. The highest BCUT2D eigenvalue weighted by Crippen LogP contribution is 2.15. The molecule has 7 nitrogen and oxygen atoms in total. The quantitative estimate of drug-likeness (QED) is 0.658. The van der Waals surface area contributed by atoms with Crippen molar-refractivity contribution in [3.8, 4) is 0 Å². The molecule has 29 heavy (non-hydrogen) atoms. The number of nitrogens with zero attached hydrogens (tertiary/aromatic N) is 3. The first kappa shape index (κ1) is 24.1. The highest BCUT2D eigenvalue weighted by atomic mass is 16.4. The Labute approximate surface area is 172 Å². The summed E-state index contributed by atoms with van der Waals surface area (Å²) in [5.74, 6) is -3.65. The minimum atomic E-state index is -1.82. The van der Waals surface area contributed by atoms with Gasteiger partial charge < -0.3 is 20.0 Å². The summed E-state index contributed by atoms with van der Waals surface area (Å²) in [7, 11) is 8.42. The number of hydrogen-bond acceptors (Lipinski definition) is 5. The van der Waals surface area contributed by atoms with E-state index in [1.165, 1.54) is 16.8 Å². The van der Waals surface area contributed by atoms with Crippen LogP contribution in [0.25, 0.3) is 0 Å². The first-order valence-electron chi connectivity index (χ1n) is 9.32. The molecule has 0 radical (unpaired) electrons. The van der Waals surface area contributed by atoms with Crippen LogP contribution < -0.4 is 4.90 Å². The van der Waals surface area contributed by atoms with Gasteiger partial charge in [-0.15, -0.1) is 0 Å². The van der Waals surface area contributed by atoms with Crippen molar-refractivity contribution in [1.82, 2.24) is 9.80 Å². The lowest BCUT2D eigenvalue weighted by Crippen LogP contribution is -2.31. The van der Waals surface area contributed by atoms with E-state index in [9.17, 15) is 0 Å². The summed E-state index contributed by atoms with van der Waals surface area (Å²) >= 11 is 0. The summed E-state index contributed by atoms with van der Waals surface area (Å²) in [4.78, 5) is 25.1. The summed E-state index contributed by atoms with van der Waals surface area (Å²) in [5.41, 5.74) is 3.98. The molecule has 0 aromatic heterocycles. The average Bonchev–Trinajstić information content (AvgIpc) is 2.67. The Morgan fingerprint density at radius 1 is 0.724 bits per heavy atom. The van der Waals surface area contributed by atoms with Gasteiger partial charge in [0.05, 0.1) is 0 Å². The molecule has 0 amide bonds. The van der Waals surface area contributed by atoms with E-state index in [1.54, 1.807) is 0 Å². The lowest BCUT2D eigenvalue weighted by Gasteiger charge is -2.24. The third-order valence-electron chi connectivity index (χ3n) is 4.15. The Bertz CT molecular complexity index is 734. The average molecular weight is 402 g/mol. The van der Waals surface area contributed by atoms with E-state index in [0.29, 0.717) is 0 Å². The SMILES string of the molecule is CN(C)CCN(Cc1ccccc1)Cc1ccc(N(C)C)cc1.O=C(O)C(=O)O. The van der Waals surface area contributed by atoms with Gasteiger partial charge in [-0.1, -0.05) is 42.5 Å². The molecule has 7 heteroatoms. The van der Waals surface area contributed by atoms with Crippen LogP contribution in [0.3, 0.4) is 0 Å². The first-order chi connectivity index (χ1) is 13.7. The van der Waals surface area contributed by atoms with E-state index >= 15 is 0 Å². The van der Waals surface area contributed by atoms with Crippen LogP contribution in [0, 0.1) is 0 Å². The molecule has 0 aliphatic heterocycles. The smallest absolute Gasteiger partial charge is 0.414 e. The predicted molar refractivity (Wildman–Crippen MR) is 115 cm³/mol. The van der Waals surface area contributed by atoms with Crippen molar-refractivity contribution in [1.29, 1.82) is 0 Å². The lowest BCUT2D eigenvalue weighted by atomic mass is 10.1. The molecule has 0 atom stereocenters. The van der Waals surface area contributed by atoms with E-state index in [2.05, 4.69) is 97.5 Å². The zero-order chi connectivity index (χ0) is 21.8. The maximum absolute atomic E-state index is 9.10. The van der Waals surface area contributed by atoms with Gasteiger partial charge in [0.15, 0.2) is 0 Å². The van der Waals surface area contributed by atoms with Crippen molar-refractivity contribution in [2.24, 2.45) is 0 Å². The molecule has 0 saturated carbocycles. The second kappa shape index (κ2) is 12.5. The standard InChI is InChI=1S/C20H29N3.C2H2O4/c1-21(2)14-15-23(16-18-8-6-5-7-9-18)17-19-10-12-20(13-11-19)22(3)4;3-1(4)2(5)6/h5-13H,14-17H2,1-4H3;(H,3,4)(H,5,6). The van der Waals surface area contributed by atoms with Crippen LogP contribution in [-0.2, 0) is 22.7 Å². The topological polar surface area (TPSA) is 84.3 Å². The molecule has 0 bridgehead atoms. The van der Waals surface area contributed by atoms with E-state index in [4.69, 9.17) is 19.8 Å².